The van der Waals surface area contributed by atoms with Gasteiger partial charge in [-0.05, 0) is 28.1 Å². The van der Waals surface area contributed by atoms with Crippen molar-refractivity contribution in [3.63, 3.8) is 0 Å². The Morgan fingerprint density at radius 3 is 2.71 bits per heavy atom. The monoisotopic (exact) mass is 345 g/mol. The van der Waals surface area contributed by atoms with E-state index in [1.807, 2.05) is 0 Å². The number of thioether (sulfide) groups is 1. The Morgan fingerprint density at radius 1 is 1.47 bits per heavy atom. The van der Waals surface area contributed by atoms with Crippen LogP contribution in [0.4, 0.5) is 13.2 Å². The summed E-state index contributed by atoms with van der Waals surface area (Å²) in [6.45, 7) is -1.18. The third kappa shape index (κ3) is 3.17. The number of hydrogen-bond acceptors (Lipinski definition) is 3. The van der Waals surface area contributed by atoms with Gasteiger partial charge in [0, 0.05) is 4.88 Å². The van der Waals surface area contributed by atoms with E-state index in [0.717, 1.165) is 13.6 Å². The summed E-state index contributed by atoms with van der Waals surface area (Å²) in [4.78, 5) is 13.1. The molecular formula is C9H7BrF3NOS2. The van der Waals surface area contributed by atoms with Crippen LogP contribution in [0.15, 0.2) is 15.9 Å². The van der Waals surface area contributed by atoms with Gasteiger partial charge in [-0.25, -0.2) is 0 Å². The van der Waals surface area contributed by atoms with Gasteiger partial charge in [0.15, 0.2) is 0 Å². The number of hydrogen-bond donors (Lipinski definition) is 0. The van der Waals surface area contributed by atoms with E-state index >= 15 is 0 Å². The smallest absolute Gasteiger partial charge is 0.316 e. The van der Waals surface area contributed by atoms with E-state index in [9.17, 15) is 18.0 Å². The van der Waals surface area contributed by atoms with Crippen molar-refractivity contribution in [1.82, 2.24) is 4.90 Å². The van der Waals surface area contributed by atoms with Gasteiger partial charge in [-0.1, -0.05) is 0 Å². The topological polar surface area (TPSA) is 20.3 Å². The van der Waals surface area contributed by atoms with E-state index in [4.69, 9.17) is 0 Å². The molecule has 1 saturated heterocycles. The van der Waals surface area contributed by atoms with Crippen molar-refractivity contribution in [3.05, 3.63) is 20.8 Å². The molecule has 2 heterocycles. The van der Waals surface area contributed by atoms with Gasteiger partial charge in [0.25, 0.3) is 0 Å². The van der Waals surface area contributed by atoms with Crippen LogP contribution in [0.3, 0.4) is 0 Å². The zero-order valence-electron chi connectivity index (χ0n) is 8.33. The van der Waals surface area contributed by atoms with E-state index in [2.05, 4.69) is 15.9 Å². The summed E-state index contributed by atoms with van der Waals surface area (Å²) >= 11 is 5.84. The van der Waals surface area contributed by atoms with Crippen LogP contribution in [-0.2, 0) is 4.79 Å². The highest BCUT2D eigenvalue weighted by molar-refractivity contribution is 9.11. The van der Waals surface area contributed by atoms with Crippen LogP contribution in [-0.4, -0.2) is 29.3 Å². The van der Waals surface area contributed by atoms with Crippen molar-refractivity contribution < 1.29 is 18.0 Å². The molecule has 0 bridgehead atoms. The maximum atomic E-state index is 12.4. The molecule has 94 valence electrons. The molecule has 1 atom stereocenters. The minimum atomic E-state index is -4.35. The van der Waals surface area contributed by atoms with Gasteiger partial charge < -0.3 is 4.90 Å². The summed E-state index contributed by atoms with van der Waals surface area (Å²) in [5, 5.41) is -0.513. The average Bonchev–Trinajstić information content (AvgIpc) is 2.73. The molecule has 0 radical (unpaired) electrons. The fourth-order valence-corrected chi connectivity index (χ4v) is 4.36. The molecule has 0 N–H and O–H groups in total. The Hall–Kier alpha value is -0.210. The summed E-state index contributed by atoms with van der Waals surface area (Å²) in [6.07, 6.45) is -4.35. The molecule has 1 amide bonds. The molecule has 1 aliphatic heterocycles. The summed E-state index contributed by atoms with van der Waals surface area (Å²) < 4.78 is 37.9. The molecule has 17 heavy (non-hydrogen) atoms. The Balaban J connectivity index is 2.19. The van der Waals surface area contributed by atoms with Crippen molar-refractivity contribution in [3.8, 4) is 0 Å². The number of halogens is 4. The predicted molar refractivity (Wildman–Crippen MR) is 65.0 cm³/mol. The van der Waals surface area contributed by atoms with Crippen molar-refractivity contribution in [1.29, 1.82) is 0 Å². The normalized spacial score (nSPS) is 21.3. The predicted octanol–water partition coefficient (Wildman–Crippen LogP) is 3.65. The molecule has 1 fully saturated rings. The lowest BCUT2D eigenvalue weighted by Crippen LogP contribution is -2.36. The second kappa shape index (κ2) is 4.81. The van der Waals surface area contributed by atoms with Gasteiger partial charge in [-0.15, -0.1) is 23.1 Å². The molecule has 1 aliphatic rings. The standard InChI is InChI=1S/C9H7BrF3NOS2/c10-6-2-1-5(17-6)8-14(4-9(11,12)13)7(15)3-16-8/h1-2,8H,3-4H2. The fourth-order valence-electron chi connectivity index (χ4n) is 1.51. The maximum absolute atomic E-state index is 12.4. The Bertz CT molecular complexity index is 434. The fraction of sp³-hybridized carbons (Fsp3) is 0.444. The lowest BCUT2D eigenvalue weighted by molar-refractivity contribution is -0.159. The second-order valence-corrected chi connectivity index (χ2v) is 7.01. The van der Waals surface area contributed by atoms with Crippen molar-refractivity contribution in [2.24, 2.45) is 0 Å². The zero-order valence-corrected chi connectivity index (χ0v) is 11.5. The first kappa shape index (κ1) is 13.2. The SMILES string of the molecule is O=C1CSC(c2ccc(Br)s2)N1CC(F)(F)F. The number of rotatable bonds is 2. The van der Waals surface area contributed by atoms with Crippen molar-refractivity contribution in [2.75, 3.05) is 12.3 Å². The molecule has 0 aliphatic carbocycles. The van der Waals surface area contributed by atoms with Crippen LogP contribution in [0.25, 0.3) is 0 Å². The van der Waals surface area contributed by atoms with Crippen molar-refractivity contribution >= 4 is 44.9 Å². The molecule has 1 unspecified atom stereocenters. The lowest BCUT2D eigenvalue weighted by atomic mass is 10.4. The van der Waals surface area contributed by atoms with Crippen LogP contribution in [0, 0.1) is 0 Å². The zero-order chi connectivity index (χ0) is 12.6. The molecular weight excluding hydrogens is 339 g/mol. The molecule has 1 aromatic heterocycles. The molecule has 0 aromatic carbocycles. The highest BCUT2D eigenvalue weighted by atomic mass is 79.9. The van der Waals surface area contributed by atoms with E-state index in [-0.39, 0.29) is 5.75 Å². The van der Waals surface area contributed by atoms with Gasteiger partial charge in [-0.2, -0.15) is 13.2 Å². The summed E-state index contributed by atoms with van der Waals surface area (Å²) in [7, 11) is 0. The Labute approximate surface area is 112 Å². The number of carbonyl (C=O) groups excluding carboxylic acids is 1. The highest BCUT2D eigenvalue weighted by Crippen LogP contribution is 2.43. The van der Waals surface area contributed by atoms with Crippen LogP contribution in [0.5, 0.6) is 0 Å². The third-order valence-electron chi connectivity index (χ3n) is 2.16. The van der Waals surface area contributed by atoms with Crippen LogP contribution in [0.2, 0.25) is 0 Å². The van der Waals surface area contributed by atoms with Gasteiger partial charge in [0.1, 0.15) is 11.9 Å². The van der Waals surface area contributed by atoms with Crippen LogP contribution >= 0.6 is 39.0 Å². The molecule has 8 heteroatoms. The average molecular weight is 346 g/mol. The Kier molecular flexibility index (Phi) is 3.74. The van der Waals surface area contributed by atoms with Crippen LogP contribution in [0.1, 0.15) is 10.3 Å². The number of carbonyl (C=O) groups is 1. The first-order valence-corrected chi connectivity index (χ1v) is 7.26. The first-order chi connectivity index (χ1) is 7.87. The van der Waals surface area contributed by atoms with Gasteiger partial charge in [0.2, 0.25) is 5.91 Å². The molecule has 2 nitrogen and oxygen atoms in total. The first-order valence-electron chi connectivity index (χ1n) is 4.60. The van der Waals surface area contributed by atoms with Gasteiger partial charge in [-0.3, -0.25) is 4.79 Å². The van der Waals surface area contributed by atoms with Gasteiger partial charge in [0.05, 0.1) is 9.54 Å². The minimum Gasteiger partial charge on any atom is -0.316 e. The number of nitrogens with zero attached hydrogens (tertiary/aromatic N) is 1. The highest BCUT2D eigenvalue weighted by Gasteiger charge is 2.41. The number of amides is 1. The Morgan fingerprint density at radius 2 is 2.18 bits per heavy atom. The minimum absolute atomic E-state index is 0.107. The van der Waals surface area contributed by atoms with Gasteiger partial charge >= 0.3 is 6.18 Å². The second-order valence-electron chi connectivity index (χ2n) is 3.44. The lowest BCUT2D eigenvalue weighted by Gasteiger charge is -2.24. The molecule has 0 spiro atoms. The van der Waals surface area contributed by atoms with Crippen LogP contribution < -0.4 is 0 Å². The summed E-state index contributed by atoms with van der Waals surface area (Å²) in [6, 6.07) is 3.52. The largest absolute Gasteiger partial charge is 0.406 e. The van der Waals surface area contributed by atoms with E-state index < -0.39 is 24.0 Å². The molecule has 0 saturated carbocycles. The van der Waals surface area contributed by atoms with E-state index in [1.54, 1.807) is 12.1 Å². The molecule has 2 rings (SSSR count). The maximum Gasteiger partial charge on any atom is 0.406 e. The number of alkyl halides is 3. The third-order valence-corrected chi connectivity index (χ3v) is 5.22. The molecule has 1 aromatic rings. The van der Waals surface area contributed by atoms with E-state index in [1.165, 1.54) is 23.1 Å². The van der Waals surface area contributed by atoms with Crippen molar-refractivity contribution in [2.45, 2.75) is 11.6 Å². The summed E-state index contributed by atoms with van der Waals surface area (Å²) in [5.41, 5.74) is 0. The summed E-state index contributed by atoms with van der Waals surface area (Å²) in [5.74, 6) is -0.349. The number of thiophene rings is 1. The quantitative estimate of drug-likeness (QED) is 0.815. The van der Waals surface area contributed by atoms with E-state index in [0.29, 0.717) is 0 Å².